The number of nitrogens with two attached hydrogens (primary N) is 1. The summed E-state index contributed by atoms with van der Waals surface area (Å²) < 4.78 is 21.0. The molecule has 1 aromatic carbocycles. The molecular weight excluding hydrogens is 436 g/mol. The van der Waals surface area contributed by atoms with Gasteiger partial charge in [0, 0.05) is 10.4 Å². The van der Waals surface area contributed by atoms with Gasteiger partial charge in [-0.1, -0.05) is 6.42 Å². The molecule has 0 aliphatic heterocycles. The van der Waals surface area contributed by atoms with Gasteiger partial charge in [0.1, 0.15) is 5.00 Å². The van der Waals surface area contributed by atoms with Crippen LogP contribution in [-0.4, -0.2) is 45.7 Å². The first-order valence-electron chi connectivity index (χ1n) is 10.1. The number of amides is 2. The zero-order chi connectivity index (χ0) is 23.3. The largest absolute Gasteiger partial charge is 0.493 e. The van der Waals surface area contributed by atoms with Gasteiger partial charge in [-0.15, -0.1) is 11.3 Å². The maximum Gasteiger partial charge on any atom is 0.341 e. The monoisotopic (exact) mass is 462 g/mol. The van der Waals surface area contributed by atoms with Gasteiger partial charge in [-0.3, -0.25) is 9.59 Å². The minimum absolute atomic E-state index is 0.156. The van der Waals surface area contributed by atoms with E-state index in [9.17, 15) is 14.4 Å². The summed E-state index contributed by atoms with van der Waals surface area (Å²) in [6.45, 7) is -0.374. The summed E-state index contributed by atoms with van der Waals surface area (Å²) in [4.78, 5) is 37.8. The lowest BCUT2D eigenvalue weighted by Gasteiger charge is -2.15. The van der Waals surface area contributed by atoms with E-state index in [-0.39, 0.29) is 29.4 Å². The molecule has 0 radical (unpaired) electrons. The molecule has 0 fully saturated rings. The Balaban J connectivity index is 1.95. The number of thiophene rings is 1. The lowest BCUT2D eigenvalue weighted by molar-refractivity contribution is -0.120. The predicted octanol–water partition coefficient (Wildman–Crippen LogP) is 2.94. The second kappa shape index (κ2) is 10.4. The molecule has 0 unspecified atom stereocenters. The van der Waals surface area contributed by atoms with E-state index in [0.717, 1.165) is 42.5 Å². The topological polar surface area (TPSA) is 126 Å². The van der Waals surface area contributed by atoms with Gasteiger partial charge in [0.15, 0.2) is 18.1 Å². The van der Waals surface area contributed by atoms with Gasteiger partial charge in [0.2, 0.25) is 5.75 Å². The van der Waals surface area contributed by atoms with E-state index in [1.54, 1.807) is 0 Å². The Morgan fingerprint density at radius 2 is 1.69 bits per heavy atom. The molecule has 3 rings (SSSR count). The summed E-state index contributed by atoms with van der Waals surface area (Å²) in [7, 11) is 4.13. The maximum absolute atomic E-state index is 13.1. The number of benzene rings is 1. The summed E-state index contributed by atoms with van der Waals surface area (Å²) in [6.07, 6.45) is 4.78. The lowest BCUT2D eigenvalue weighted by atomic mass is 10.1. The van der Waals surface area contributed by atoms with Crippen molar-refractivity contribution in [3.8, 4) is 17.2 Å². The lowest BCUT2D eigenvalue weighted by Crippen LogP contribution is -2.20. The average Bonchev–Trinajstić information content (AvgIpc) is 2.96. The van der Waals surface area contributed by atoms with E-state index in [1.165, 1.54) is 44.8 Å². The number of ether oxygens (including phenoxy) is 4. The van der Waals surface area contributed by atoms with E-state index in [1.807, 2.05) is 0 Å². The van der Waals surface area contributed by atoms with Gasteiger partial charge in [-0.2, -0.15) is 0 Å². The molecule has 1 aromatic heterocycles. The number of nitrogens with one attached hydrogen (secondary N) is 1. The van der Waals surface area contributed by atoms with Crippen LogP contribution in [0, 0.1) is 0 Å². The Kier molecular flexibility index (Phi) is 7.57. The SMILES string of the molecule is COC(=O)c1c(NC(=O)c2cc(OC)c(OCC(N)=O)c(OC)c2)sc2c1CCCCC2. The first-order valence-corrected chi connectivity index (χ1v) is 10.9. The molecule has 3 N–H and O–H groups in total. The quantitative estimate of drug-likeness (QED) is 0.456. The Morgan fingerprint density at radius 1 is 1.03 bits per heavy atom. The Bertz CT molecular complexity index is 1010. The molecule has 0 saturated heterocycles. The fourth-order valence-corrected chi connectivity index (χ4v) is 4.89. The van der Waals surface area contributed by atoms with Crippen molar-refractivity contribution in [2.24, 2.45) is 5.73 Å². The number of esters is 1. The molecule has 0 bridgehead atoms. The first-order chi connectivity index (χ1) is 15.4. The maximum atomic E-state index is 13.1. The molecule has 0 atom stereocenters. The summed E-state index contributed by atoms with van der Waals surface area (Å²) >= 11 is 1.41. The summed E-state index contributed by atoms with van der Waals surface area (Å²) in [5, 5.41) is 3.30. The van der Waals surface area contributed by atoms with E-state index in [2.05, 4.69) is 5.32 Å². The molecule has 0 spiro atoms. The number of fused-ring (bicyclic) bond motifs is 1. The molecule has 172 valence electrons. The summed E-state index contributed by atoms with van der Waals surface area (Å²) in [5.74, 6) is -1.03. The molecule has 2 aromatic rings. The zero-order valence-corrected chi connectivity index (χ0v) is 19.1. The van der Waals surface area contributed by atoms with Crippen LogP contribution in [0.15, 0.2) is 12.1 Å². The van der Waals surface area contributed by atoms with E-state index in [4.69, 9.17) is 24.7 Å². The number of aryl methyl sites for hydroxylation is 1. The summed E-state index contributed by atoms with van der Waals surface area (Å²) in [6, 6.07) is 2.93. The minimum atomic E-state index is -0.663. The molecule has 2 amide bonds. The van der Waals surface area contributed by atoms with Crippen molar-refractivity contribution in [2.75, 3.05) is 33.3 Å². The fourth-order valence-electron chi connectivity index (χ4n) is 3.62. The number of primary amides is 1. The van der Waals surface area contributed by atoms with E-state index in [0.29, 0.717) is 10.6 Å². The third-order valence-corrected chi connectivity index (χ3v) is 6.33. The summed E-state index contributed by atoms with van der Waals surface area (Å²) in [5.41, 5.74) is 6.75. The van der Waals surface area contributed by atoms with Crippen LogP contribution in [-0.2, 0) is 22.4 Å². The molecule has 32 heavy (non-hydrogen) atoms. The number of hydrogen-bond acceptors (Lipinski definition) is 8. The normalized spacial score (nSPS) is 12.8. The van der Waals surface area contributed by atoms with Crippen molar-refractivity contribution in [1.82, 2.24) is 0 Å². The van der Waals surface area contributed by atoms with Crippen LogP contribution in [0.25, 0.3) is 0 Å². The van der Waals surface area contributed by atoms with Crippen molar-refractivity contribution in [2.45, 2.75) is 32.1 Å². The standard InChI is InChI=1S/C22H26N2O7S/c1-28-14-9-12(10-15(29-2)19(14)31-11-17(23)25)20(26)24-21-18(22(27)30-3)13-7-5-4-6-8-16(13)32-21/h9-10H,4-8,11H2,1-3H3,(H2,23,25)(H,24,26). The van der Waals surface area contributed by atoms with Crippen LogP contribution >= 0.6 is 11.3 Å². The van der Waals surface area contributed by atoms with Crippen LogP contribution < -0.4 is 25.3 Å². The molecule has 1 aliphatic carbocycles. The second-order valence-electron chi connectivity index (χ2n) is 7.18. The van der Waals surface area contributed by atoms with Gasteiger partial charge in [-0.25, -0.2) is 4.79 Å². The highest BCUT2D eigenvalue weighted by Gasteiger charge is 2.27. The van der Waals surface area contributed by atoms with Gasteiger partial charge in [0.25, 0.3) is 11.8 Å². The fraction of sp³-hybridized carbons (Fsp3) is 0.409. The van der Waals surface area contributed by atoms with Gasteiger partial charge < -0.3 is 30.0 Å². The smallest absolute Gasteiger partial charge is 0.341 e. The number of carbonyl (C=O) groups excluding carboxylic acids is 3. The molecule has 10 heteroatoms. The first kappa shape index (κ1) is 23.4. The van der Waals surface area contributed by atoms with E-state index < -0.39 is 17.8 Å². The van der Waals surface area contributed by atoms with Crippen LogP contribution in [0.2, 0.25) is 0 Å². The van der Waals surface area contributed by atoms with Crippen molar-refractivity contribution >= 4 is 34.1 Å². The van der Waals surface area contributed by atoms with Gasteiger partial charge >= 0.3 is 5.97 Å². The zero-order valence-electron chi connectivity index (χ0n) is 18.2. The molecule has 1 heterocycles. The highest BCUT2D eigenvalue weighted by molar-refractivity contribution is 7.17. The molecule has 9 nitrogen and oxygen atoms in total. The van der Waals surface area contributed by atoms with Crippen molar-refractivity contribution in [3.05, 3.63) is 33.7 Å². The average molecular weight is 463 g/mol. The van der Waals surface area contributed by atoms with Crippen molar-refractivity contribution in [3.63, 3.8) is 0 Å². The molecule has 1 aliphatic rings. The van der Waals surface area contributed by atoms with E-state index >= 15 is 0 Å². The number of anilines is 1. The Labute approximate surface area is 189 Å². The van der Waals surface area contributed by atoms with Crippen LogP contribution in [0.3, 0.4) is 0 Å². The Morgan fingerprint density at radius 3 is 2.28 bits per heavy atom. The molecular formula is C22H26N2O7S. The molecule has 0 saturated carbocycles. The third kappa shape index (κ3) is 4.96. The van der Waals surface area contributed by atoms with Crippen molar-refractivity contribution in [1.29, 1.82) is 0 Å². The number of carbonyl (C=O) groups is 3. The van der Waals surface area contributed by atoms with Gasteiger partial charge in [-0.05, 0) is 43.4 Å². The highest BCUT2D eigenvalue weighted by atomic mass is 32.1. The second-order valence-corrected chi connectivity index (χ2v) is 8.28. The third-order valence-electron chi connectivity index (χ3n) is 5.12. The number of hydrogen-bond donors (Lipinski definition) is 2. The Hall–Kier alpha value is -3.27. The van der Waals surface area contributed by atoms with Crippen LogP contribution in [0.4, 0.5) is 5.00 Å². The van der Waals surface area contributed by atoms with Crippen LogP contribution in [0.5, 0.6) is 17.2 Å². The highest BCUT2D eigenvalue weighted by Crippen LogP contribution is 2.40. The number of rotatable bonds is 8. The number of methoxy groups -OCH3 is 3. The predicted molar refractivity (Wildman–Crippen MR) is 119 cm³/mol. The van der Waals surface area contributed by atoms with Gasteiger partial charge in [0.05, 0.1) is 26.9 Å². The van der Waals surface area contributed by atoms with Crippen LogP contribution in [0.1, 0.15) is 50.4 Å². The minimum Gasteiger partial charge on any atom is -0.493 e. The van der Waals surface area contributed by atoms with Crippen molar-refractivity contribution < 1.29 is 33.3 Å².